The summed E-state index contributed by atoms with van der Waals surface area (Å²) in [5.74, 6) is -14.9. The van der Waals surface area contributed by atoms with Crippen LogP contribution in [0.5, 0.6) is 0 Å². The average molecular weight is 359 g/mol. The summed E-state index contributed by atoms with van der Waals surface area (Å²) in [5.41, 5.74) is 0. The Labute approximate surface area is 108 Å². The van der Waals surface area contributed by atoms with Gasteiger partial charge in [-0.25, -0.2) is 0 Å². The summed E-state index contributed by atoms with van der Waals surface area (Å²) >= 11 is 2.94. The number of carbonyl (C=O) groups is 1. The first kappa shape index (κ1) is 15.4. The molecule has 0 aliphatic carbocycles. The van der Waals surface area contributed by atoms with Crippen LogP contribution in [0.1, 0.15) is 9.67 Å². The van der Waals surface area contributed by atoms with Crippen LogP contribution >= 0.6 is 27.3 Å². The number of carbonyl (C=O) groups excluding carboxylic acids is 1. The monoisotopic (exact) mass is 358 g/mol. The summed E-state index contributed by atoms with van der Waals surface area (Å²) in [6.07, 6.45) is -6.52. The number of hydrogen-bond donors (Lipinski definition) is 0. The van der Waals surface area contributed by atoms with Crippen LogP contribution in [0.3, 0.4) is 0 Å². The molecule has 0 atom stereocenters. The van der Waals surface area contributed by atoms with Gasteiger partial charge >= 0.3 is 18.0 Å². The Morgan fingerprint density at radius 1 is 1.11 bits per heavy atom. The van der Waals surface area contributed by atoms with Crippen LogP contribution in [0.15, 0.2) is 15.9 Å². The predicted octanol–water partition coefficient (Wildman–Crippen LogP) is 4.53. The molecule has 1 heterocycles. The molecule has 0 saturated heterocycles. The molecule has 0 amide bonds. The van der Waals surface area contributed by atoms with E-state index in [2.05, 4.69) is 15.9 Å². The van der Waals surface area contributed by atoms with Crippen molar-refractivity contribution in [2.24, 2.45) is 0 Å². The number of Topliss-reactive ketones (excluding diaryl/α,β-unsaturated/α-hetero) is 1. The van der Waals surface area contributed by atoms with Gasteiger partial charge in [-0.3, -0.25) is 4.79 Å². The van der Waals surface area contributed by atoms with E-state index in [1.54, 1.807) is 0 Å². The van der Waals surface area contributed by atoms with Crippen molar-refractivity contribution in [3.05, 3.63) is 20.8 Å². The molecule has 0 saturated carbocycles. The van der Waals surface area contributed by atoms with E-state index in [1.165, 1.54) is 0 Å². The lowest BCUT2D eigenvalue weighted by atomic mass is 10.1. The zero-order chi connectivity index (χ0) is 14.4. The molecule has 0 bridgehead atoms. The fourth-order valence-electron chi connectivity index (χ4n) is 0.919. The maximum absolute atomic E-state index is 13.0. The third kappa shape index (κ3) is 2.27. The van der Waals surface area contributed by atoms with Gasteiger partial charge in [-0.2, -0.15) is 30.7 Å². The predicted molar refractivity (Wildman–Crippen MR) is 52.3 cm³/mol. The standard InChI is InChI=1S/C8H2BrF7OS/c9-3-1-2-18-4(3)5(17)6(10,11)7(12,13)8(14,15)16/h1-2H. The van der Waals surface area contributed by atoms with Gasteiger partial charge in [0.15, 0.2) is 0 Å². The minimum absolute atomic E-state index is 0.268. The van der Waals surface area contributed by atoms with Gasteiger partial charge in [0.2, 0.25) is 5.78 Å². The lowest BCUT2D eigenvalue weighted by Crippen LogP contribution is -2.56. The molecule has 1 aromatic rings. The summed E-state index contributed by atoms with van der Waals surface area (Å²) in [7, 11) is 0. The fourth-order valence-corrected chi connectivity index (χ4v) is 2.44. The van der Waals surface area contributed by atoms with Crippen molar-refractivity contribution in [2.45, 2.75) is 18.0 Å². The summed E-state index contributed by atoms with van der Waals surface area (Å²) in [4.78, 5) is 10.2. The van der Waals surface area contributed by atoms with Crippen molar-refractivity contribution in [1.29, 1.82) is 0 Å². The Morgan fingerprint density at radius 3 is 1.94 bits per heavy atom. The molecule has 0 aliphatic heterocycles. The van der Waals surface area contributed by atoms with Crippen LogP contribution in [0.25, 0.3) is 0 Å². The zero-order valence-corrected chi connectivity index (χ0v) is 10.4. The first-order chi connectivity index (χ1) is 7.93. The second-order valence-corrected chi connectivity index (χ2v) is 4.84. The highest BCUT2D eigenvalue weighted by atomic mass is 79.9. The zero-order valence-electron chi connectivity index (χ0n) is 7.99. The molecule has 0 radical (unpaired) electrons. The number of hydrogen-bond acceptors (Lipinski definition) is 2. The SMILES string of the molecule is O=C(c1sccc1Br)C(F)(F)C(F)(F)C(F)(F)F. The number of thiophene rings is 1. The molecule has 0 fully saturated rings. The van der Waals surface area contributed by atoms with Crippen molar-refractivity contribution in [3.63, 3.8) is 0 Å². The smallest absolute Gasteiger partial charge is 0.286 e. The molecule has 1 nitrogen and oxygen atoms in total. The highest BCUT2D eigenvalue weighted by Gasteiger charge is 2.76. The largest absolute Gasteiger partial charge is 0.460 e. The van der Waals surface area contributed by atoms with E-state index >= 15 is 0 Å². The lowest BCUT2D eigenvalue weighted by molar-refractivity contribution is -0.339. The van der Waals surface area contributed by atoms with Gasteiger partial charge in [0, 0.05) is 4.47 Å². The Bertz CT molecular complexity index is 464. The van der Waals surface area contributed by atoms with Crippen LogP contribution in [-0.4, -0.2) is 23.8 Å². The topological polar surface area (TPSA) is 17.1 Å². The van der Waals surface area contributed by atoms with Crippen LogP contribution in [0, 0.1) is 0 Å². The Balaban J connectivity index is 3.23. The number of alkyl halides is 7. The highest BCUT2D eigenvalue weighted by molar-refractivity contribution is 9.10. The lowest BCUT2D eigenvalue weighted by Gasteiger charge is -2.26. The van der Waals surface area contributed by atoms with Gasteiger partial charge in [0.05, 0.1) is 4.88 Å². The second kappa shape index (κ2) is 4.48. The molecule has 18 heavy (non-hydrogen) atoms. The number of ketones is 1. The summed E-state index contributed by atoms with van der Waals surface area (Å²) in [6, 6.07) is 1.08. The average Bonchev–Trinajstić information content (AvgIpc) is 2.61. The Morgan fingerprint density at radius 2 is 1.61 bits per heavy atom. The first-order valence-corrected chi connectivity index (χ1v) is 5.70. The molecule has 0 aromatic carbocycles. The van der Waals surface area contributed by atoms with Crippen molar-refractivity contribution in [3.8, 4) is 0 Å². The molecule has 0 aliphatic rings. The van der Waals surface area contributed by atoms with Crippen LogP contribution < -0.4 is 0 Å². The third-order valence-corrected chi connectivity index (χ3v) is 3.70. The van der Waals surface area contributed by atoms with Gasteiger partial charge in [-0.05, 0) is 27.4 Å². The summed E-state index contributed by atoms with van der Waals surface area (Å²) in [6.45, 7) is 0. The fraction of sp³-hybridized carbons (Fsp3) is 0.375. The van der Waals surface area contributed by atoms with Gasteiger partial charge in [-0.15, -0.1) is 11.3 Å². The van der Waals surface area contributed by atoms with E-state index in [-0.39, 0.29) is 4.47 Å². The number of halogens is 8. The van der Waals surface area contributed by atoms with Crippen LogP contribution in [-0.2, 0) is 0 Å². The van der Waals surface area contributed by atoms with E-state index in [0.29, 0.717) is 11.3 Å². The van der Waals surface area contributed by atoms with Gasteiger partial charge in [0.1, 0.15) is 0 Å². The maximum atomic E-state index is 13.0. The van der Waals surface area contributed by atoms with Crippen LogP contribution in [0.4, 0.5) is 30.7 Å². The molecule has 0 N–H and O–H groups in total. The van der Waals surface area contributed by atoms with E-state index in [9.17, 15) is 35.5 Å². The third-order valence-electron chi connectivity index (χ3n) is 1.86. The Kier molecular flexibility index (Phi) is 3.84. The molecule has 0 unspecified atom stereocenters. The highest BCUT2D eigenvalue weighted by Crippen LogP contribution is 2.48. The van der Waals surface area contributed by atoms with E-state index in [4.69, 9.17) is 0 Å². The van der Waals surface area contributed by atoms with Crippen molar-refractivity contribution >= 4 is 33.0 Å². The van der Waals surface area contributed by atoms with E-state index in [1.807, 2.05) is 0 Å². The quantitative estimate of drug-likeness (QED) is 0.573. The van der Waals surface area contributed by atoms with E-state index in [0.717, 1.165) is 11.4 Å². The minimum Gasteiger partial charge on any atom is -0.286 e. The van der Waals surface area contributed by atoms with Crippen LogP contribution in [0.2, 0.25) is 0 Å². The molecular weight excluding hydrogens is 357 g/mol. The van der Waals surface area contributed by atoms with Crippen molar-refractivity contribution in [1.82, 2.24) is 0 Å². The molecule has 102 valence electrons. The van der Waals surface area contributed by atoms with Gasteiger partial charge in [-0.1, -0.05) is 0 Å². The summed E-state index contributed by atoms with van der Waals surface area (Å²) in [5, 5.41) is 1.10. The molecule has 0 spiro atoms. The maximum Gasteiger partial charge on any atom is 0.460 e. The van der Waals surface area contributed by atoms with Crippen molar-refractivity contribution < 1.29 is 35.5 Å². The van der Waals surface area contributed by atoms with Crippen molar-refractivity contribution in [2.75, 3.05) is 0 Å². The normalized spacial score (nSPS) is 13.8. The minimum atomic E-state index is -6.52. The Hall–Kier alpha value is -0.640. The first-order valence-electron chi connectivity index (χ1n) is 4.03. The molecular formula is C8H2BrF7OS. The van der Waals surface area contributed by atoms with Gasteiger partial charge in [0.25, 0.3) is 0 Å². The second-order valence-electron chi connectivity index (χ2n) is 3.07. The van der Waals surface area contributed by atoms with E-state index < -0.39 is 28.7 Å². The van der Waals surface area contributed by atoms with Gasteiger partial charge < -0.3 is 0 Å². The molecule has 10 heteroatoms. The molecule has 1 rings (SSSR count). The molecule has 1 aromatic heterocycles. The number of rotatable bonds is 3. The summed E-state index contributed by atoms with van der Waals surface area (Å²) < 4.78 is 86.4.